The molecule has 0 aliphatic carbocycles. The monoisotopic (exact) mass is 363 g/mol. The Morgan fingerprint density at radius 2 is 1.93 bits per heavy atom. The fourth-order valence-electron chi connectivity index (χ4n) is 3.36. The molecule has 2 amide bonds. The number of aromatic nitrogens is 1. The molecule has 1 saturated heterocycles. The van der Waals surface area contributed by atoms with Gasteiger partial charge in [-0.15, -0.1) is 0 Å². The standard InChI is InChI=1S/C21H18FN3O2/c22-17-8-6-14(7-9-17)12-24-21(27)16-11-19(26)25(13-16)18-5-1-3-15-4-2-10-23-20(15)18/h1-10,16H,11-13H2,(H,24,27). The lowest BCUT2D eigenvalue weighted by Gasteiger charge is -2.18. The summed E-state index contributed by atoms with van der Waals surface area (Å²) in [6, 6.07) is 15.4. The van der Waals surface area contributed by atoms with Gasteiger partial charge in [-0.1, -0.05) is 30.3 Å². The SMILES string of the molecule is O=C(NCc1ccc(F)cc1)C1CC(=O)N(c2cccc3cccnc23)C1. The first-order chi connectivity index (χ1) is 13.1. The van der Waals surface area contributed by atoms with Crippen LogP contribution in [0.2, 0.25) is 0 Å². The summed E-state index contributed by atoms with van der Waals surface area (Å²) >= 11 is 0. The van der Waals surface area contributed by atoms with Crippen molar-refractivity contribution in [3.63, 3.8) is 0 Å². The molecule has 1 aliphatic rings. The molecule has 1 aromatic heterocycles. The second kappa shape index (κ2) is 7.15. The molecule has 5 nitrogen and oxygen atoms in total. The number of pyridine rings is 1. The molecule has 0 saturated carbocycles. The summed E-state index contributed by atoms with van der Waals surface area (Å²) in [6.07, 6.45) is 1.86. The van der Waals surface area contributed by atoms with Crippen LogP contribution in [-0.2, 0) is 16.1 Å². The van der Waals surface area contributed by atoms with E-state index in [4.69, 9.17) is 0 Å². The van der Waals surface area contributed by atoms with Crippen molar-refractivity contribution in [2.75, 3.05) is 11.4 Å². The Labute approximate surface area is 155 Å². The van der Waals surface area contributed by atoms with Crippen molar-refractivity contribution in [2.24, 2.45) is 5.92 Å². The Bertz CT molecular complexity index is 998. The molecule has 0 spiro atoms. The van der Waals surface area contributed by atoms with Crippen molar-refractivity contribution >= 4 is 28.4 Å². The number of para-hydroxylation sites is 1. The van der Waals surface area contributed by atoms with Crippen molar-refractivity contribution in [2.45, 2.75) is 13.0 Å². The second-order valence-electron chi connectivity index (χ2n) is 6.60. The lowest BCUT2D eigenvalue weighted by Crippen LogP contribution is -2.32. The fourth-order valence-corrected chi connectivity index (χ4v) is 3.36. The molecule has 1 fully saturated rings. The van der Waals surface area contributed by atoms with Gasteiger partial charge in [-0.2, -0.15) is 0 Å². The third-order valence-electron chi connectivity index (χ3n) is 4.78. The average molecular weight is 363 g/mol. The van der Waals surface area contributed by atoms with Crippen LogP contribution in [0.3, 0.4) is 0 Å². The Kier molecular flexibility index (Phi) is 4.54. The van der Waals surface area contributed by atoms with E-state index in [1.54, 1.807) is 23.2 Å². The largest absolute Gasteiger partial charge is 0.352 e. The maximum Gasteiger partial charge on any atom is 0.227 e. The van der Waals surface area contributed by atoms with Crippen LogP contribution in [0.15, 0.2) is 60.8 Å². The van der Waals surface area contributed by atoms with Gasteiger partial charge in [0.2, 0.25) is 11.8 Å². The van der Waals surface area contributed by atoms with Crippen LogP contribution in [-0.4, -0.2) is 23.3 Å². The first kappa shape index (κ1) is 17.1. The summed E-state index contributed by atoms with van der Waals surface area (Å²) in [5.74, 6) is -0.999. The van der Waals surface area contributed by atoms with E-state index in [-0.39, 0.29) is 24.1 Å². The number of nitrogens with zero attached hydrogens (tertiary/aromatic N) is 2. The Hall–Kier alpha value is -3.28. The molecule has 2 heterocycles. The van der Waals surface area contributed by atoms with Crippen molar-refractivity contribution < 1.29 is 14.0 Å². The highest BCUT2D eigenvalue weighted by Gasteiger charge is 2.35. The molecule has 0 bridgehead atoms. The van der Waals surface area contributed by atoms with E-state index in [1.807, 2.05) is 30.3 Å². The van der Waals surface area contributed by atoms with E-state index in [9.17, 15) is 14.0 Å². The molecule has 0 radical (unpaired) electrons. The number of rotatable bonds is 4. The van der Waals surface area contributed by atoms with Crippen molar-refractivity contribution in [1.82, 2.24) is 10.3 Å². The Morgan fingerprint density at radius 1 is 1.15 bits per heavy atom. The number of benzene rings is 2. The summed E-state index contributed by atoms with van der Waals surface area (Å²) < 4.78 is 13.0. The van der Waals surface area contributed by atoms with E-state index in [0.717, 1.165) is 22.2 Å². The lowest BCUT2D eigenvalue weighted by molar-refractivity contribution is -0.126. The zero-order chi connectivity index (χ0) is 18.8. The first-order valence-corrected chi connectivity index (χ1v) is 8.78. The Balaban J connectivity index is 1.47. The maximum atomic E-state index is 13.0. The highest BCUT2D eigenvalue weighted by Crippen LogP contribution is 2.30. The highest BCUT2D eigenvalue weighted by atomic mass is 19.1. The summed E-state index contributed by atoms with van der Waals surface area (Å²) in [4.78, 5) is 31.0. The van der Waals surface area contributed by atoms with Crippen LogP contribution in [0.25, 0.3) is 10.9 Å². The summed E-state index contributed by atoms with van der Waals surface area (Å²) in [6.45, 7) is 0.628. The summed E-state index contributed by atoms with van der Waals surface area (Å²) in [5, 5.41) is 3.79. The average Bonchev–Trinajstić information content (AvgIpc) is 3.08. The van der Waals surface area contributed by atoms with Gasteiger partial charge in [0.05, 0.1) is 17.1 Å². The minimum Gasteiger partial charge on any atom is -0.352 e. The lowest BCUT2D eigenvalue weighted by atomic mass is 10.1. The fraction of sp³-hybridized carbons (Fsp3) is 0.190. The molecule has 1 unspecified atom stereocenters. The minimum atomic E-state index is -0.420. The molecule has 1 N–H and O–H groups in total. The van der Waals surface area contributed by atoms with Gasteiger partial charge in [-0.3, -0.25) is 14.6 Å². The van der Waals surface area contributed by atoms with Crippen LogP contribution in [0.1, 0.15) is 12.0 Å². The van der Waals surface area contributed by atoms with E-state index in [0.29, 0.717) is 13.1 Å². The molecular formula is C21H18FN3O2. The smallest absolute Gasteiger partial charge is 0.227 e. The third kappa shape index (κ3) is 3.51. The summed E-state index contributed by atoms with van der Waals surface area (Å²) in [5.41, 5.74) is 2.29. The van der Waals surface area contributed by atoms with Crippen LogP contribution in [0, 0.1) is 11.7 Å². The topological polar surface area (TPSA) is 62.3 Å². The van der Waals surface area contributed by atoms with Gasteiger partial charge in [-0.25, -0.2) is 4.39 Å². The number of hydrogen-bond acceptors (Lipinski definition) is 3. The Morgan fingerprint density at radius 3 is 2.74 bits per heavy atom. The second-order valence-corrected chi connectivity index (χ2v) is 6.60. The van der Waals surface area contributed by atoms with Crippen LogP contribution < -0.4 is 10.2 Å². The third-order valence-corrected chi connectivity index (χ3v) is 4.78. The van der Waals surface area contributed by atoms with Gasteiger partial charge in [-0.05, 0) is 29.8 Å². The van der Waals surface area contributed by atoms with E-state index in [1.165, 1.54) is 12.1 Å². The van der Waals surface area contributed by atoms with Crippen molar-refractivity contribution in [1.29, 1.82) is 0 Å². The minimum absolute atomic E-state index is 0.0879. The van der Waals surface area contributed by atoms with Gasteiger partial charge in [0.1, 0.15) is 5.82 Å². The van der Waals surface area contributed by atoms with Gasteiger partial charge in [0, 0.05) is 31.1 Å². The summed E-state index contributed by atoms with van der Waals surface area (Å²) in [7, 11) is 0. The van der Waals surface area contributed by atoms with E-state index >= 15 is 0 Å². The molecule has 4 rings (SSSR count). The number of carbonyl (C=O) groups is 2. The maximum absolute atomic E-state index is 13.0. The number of fused-ring (bicyclic) bond motifs is 1. The normalized spacial score (nSPS) is 16.7. The molecule has 1 atom stereocenters. The molecule has 3 aromatic rings. The zero-order valence-corrected chi connectivity index (χ0v) is 14.6. The van der Waals surface area contributed by atoms with Gasteiger partial charge in [0.15, 0.2) is 0 Å². The molecule has 2 aromatic carbocycles. The number of nitrogens with one attached hydrogen (secondary N) is 1. The predicted octanol–water partition coefficient (Wildman–Crippen LogP) is 3.04. The van der Waals surface area contributed by atoms with Crippen molar-refractivity contribution in [3.8, 4) is 0 Å². The van der Waals surface area contributed by atoms with E-state index in [2.05, 4.69) is 10.3 Å². The van der Waals surface area contributed by atoms with Crippen molar-refractivity contribution in [3.05, 3.63) is 72.2 Å². The van der Waals surface area contributed by atoms with Gasteiger partial charge >= 0.3 is 0 Å². The molecule has 6 heteroatoms. The number of carbonyl (C=O) groups excluding carboxylic acids is 2. The van der Waals surface area contributed by atoms with Crippen LogP contribution >= 0.6 is 0 Å². The van der Waals surface area contributed by atoms with Crippen LogP contribution in [0.4, 0.5) is 10.1 Å². The number of amides is 2. The zero-order valence-electron chi connectivity index (χ0n) is 14.6. The molecular weight excluding hydrogens is 345 g/mol. The van der Waals surface area contributed by atoms with Gasteiger partial charge < -0.3 is 10.2 Å². The quantitative estimate of drug-likeness (QED) is 0.775. The molecule has 1 aliphatic heterocycles. The first-order valence-electron chi connectivity index (χ1n) is 8.78. The van der Waals surface area contributed by atoms with Crippen LogP contribution in [0.5, 0.6) is 0 Å². The number of anilines is 1. The number of hydrogen-bond donors (Lipinski definition) is 1. The molecule has 27 heavy (non-hydrogen) atoms. The molecule has 136 valence electrons. The number of halogens is 1. The highest BCUT2D eigenvalue weighted by molar-refractivity contribution is 6.05. The predicted molar refractivity (Wildman–Crippen MR) is 100 cm³/mol. The van der Waals surface area contributed by atoms with Gasteiger partial charge in [0.25, 0.3) is 0 Å². The van der Waals surface area contributed by atoms with E-state index < -0.39 is 5.92 Å².